The number of benzene rings is 3. The zero-order chi connectivity index (χ0) is 22.9. The smallest absolute Gasteiger partial charge is 0.307 e. The maximum atomic E-state index is 11.6. The van der Waals surface area contributed by atoms with Gasteiger partial charge in [0.1, 0.15) is 17.4 Å². The SMILES string of the molecule is Cc1c(CC(=O)O)c2cc(OCc3nc4ccccc4s3)ccc2n1Cc1ccc(Cl)cc1. The molecule has 0 amide bonds. The van der Waals surface area contributed by atoms with Crippen LogP contribution in [0.1, 0.15) is 21.8 Å². The number of aromatic nitrogens is 2. The molecule has 5 nitrogen and oxygen atoms in total. The van der Waals surface area contributed by atoms with Gasteiger partial charge < -0.3 is 14.4 Å². The topological polar surface area (TPSA) is 64.3 Å². The molecule has 5 rings (SSSR count). The zero-order valence-electron chi connectivity index (χ0n) is 17.9. The van der Waals surface area contributed by atoms with Gasteiger partial charge in [0, 0.05) is 28.2 Å². The minimum atomic E-state index is -0.857. The molecule has 2 aromatic heterocycles. The van der Waals surface area contributed by atoms with Crippen molar-refractivity contribution in [2.45, 2.75) is 26.5 Å². The summed E-state index contributed by atoms with van der Waals surface area (Å²) in [5, 5.41) is 12.0. The predicted molar refractivity (Wildman–Crippen MR) is 133 cm³/mol. The number of carboxylic acid groups (broad SMARTS) is 1. The van der Waals surface area contributed by atoms with Gasteiger partial charge in [0.2, 0.25) is 0 Å². The third kappa shape index (κ3) is 4.45. The fourth-order valence-electron chi connectivity index (χ4n) is 4.10. The summed E-state index contributed by atoms with van der Waals surface area (Å²) in [5.74, 6) is -0.165. The molecular weight excluding hydrogens is 456 g/mol. The summed E-state index contributed by atoms with van der Waals surface area (Å²) in [7, 11) is 0. The van der Waals surface area contributed by atoms with Gasteiger partial charge in [-0.15, -0.1) is 11.3 Å². The van der Waals surface area contributed by atoms with Crippen molar-refractivity contribution >= 4 is 50.0 Å². The third-order valence-corrected chi connectivity index (χ3v) is 6.97. The fraction of sp³-hybridized carbons (Fsp3) is 0.154. The van der Waals surface area contributed by atoms with Gasteiger partial charge in [0.05, 0.1) is 16.6 Å². The van der Waals surface area contributed by atoms with Gasteiger partial charge in [-0.25, -0.2) is 4.98 Å². The van der Waals surface area contributed by atoms with E-state index in [4.69, 9.17) is 16.3 Å². The predicted octanol–water partition coefficient (Wildman–Crippen LogP) is 6.47. The van der Waals surface area contributed by atoms with Crippen LogP contribution in [0.4, 0.5) is 0 Å². The van der Waals surface area contributed by atoms with Crippen LogP contribution >= 0.6 is 22.9 Å². The van der Waals surface area contributed by atoms with Gasteiger partial charge in [-0.1, -0.05) is 35.9 Å². The van der Waals surface area contributed by atoms with Crippen molar-refractivity contribution in [1.29, 1.82) is 0 Å². The Labute approximate surface area is 199 Å². The second-order valence-corrected chi connectivity index (χ2v) is 9.44. The van der Waals surface area contributed by atoms with Gasteiger partial charge in [-0.3, -0.25) is 4.79 Å². The summed E-state index contributed by atoms with van der Waals surface area (Å²) >= 11 is 7.64. The number of rotatable bonds is 7. The molecule has 33 heavy (non-hydrogen) atoms. The number of hydrogen-bond acceptors (Lipinski definition) is 4. The Morgan fingerprint density at radius 3 is 2.67 bits per heavy atom. The van der Waals surface area contributed by atoms with Crippen molar-refractivity contribution in [3.05, 3.63) is 93.6 Å². The van der Waals surface area contributed by atoms with E-state index in [-0.39, 0.29) is 6.42 Å². The first-order valence-electron chi connectivity index (χ1n) is 10.5. The Hall–Kier alpha value is -3.35. The Kier molecular flexibility index (Phi) is 5.79. The number of carboxylic acids is 1. The first kappa shape index (κ1) is 21.5. The van der Waals surface area contributed by atoms with Crippen LogP contribution in [-0.4, -0.2) is 20.6 Å². The van der Waals surface area contributed by atoms with Crippen molar-refractivity contribution in [2.24, 2.45) is 0 Å². The van der Waals surface area contributed by atoms with E-state index >= 15 is 0 Å². The third-order valence-electron chi connectivity index (χ3n) is 5.71. The molecule has 0 bridgehead atoms. The standard InChI is InChI=1S/C26H21ClN2O3S/c1-16-20(13-26(30)31)21-12-19(32-15-25-28-22-4-2-3-5-24(22)33-25)10-11-23(21)29(16)14-17-6-8-18(27)9-7-17/h2-12H,13-15H2,1H3,(H,30,31). The van der Waals surface area contributed by atoms with Crippen LogP contribution in [0.2, 0.25) is 5.02 Å². The van der Waals surface area contributed by atoms with Gasteiger partial charge in [-0.05, 0) is 60.5 Å². The highest BCUT2D eigenvalue weighted by Gasteiger charge is 2.18. The average molecular weight is 477 g/mol. The molecule has 0 fully saturated rings. The lowest BCUT2D eigenvalue weighted by molar-refractivity contribution is -0.136. The Bertz CT molecular complexity index is 1440. The fourth-order valence-corrected chi connectivity index (χ4v) is 5.10. The summed E-state index contributed by atoms with van der Waals surface area (Å²) in [4.78, 5) is 16.2. The highest BCUT2D eigenvalue weighted by molar-refractivity contribution is 7.18. The number of aliphatic carboxylic acids is 1. The number of carbonyl (C=O) groups is 1. The van der Waals surface area contributed by atoms with Crippen molar-refractivity contribution < 1.29 is 14.6 Å². The molecule has 7 heteroatoms. The number of hydrogen-bond donors (Lipinski definition) is 1. The number of halogens is 1. The van der Waals surface area contributed by atoms with Gasteiger partial charge in [0.15, 0.2) is 0 Å². The van der Waals surface area contributed by atoms with Crippen molar-refractivity contribution in [2.75, 3.05) is 0 Å². The minimum absolute atomic E-state index is 0.0444. The molecular formula is C26H21ClN2O3S. The Balaban J connectivity index is 1.47. The minimum Gasteiger partial charge on any atom is -0.486 e. The number of ether oxygens (including phenoxy) is 1. The number of nitrogens with zero attached hydrogens (tertiary/aromatic N) is 2. The summed E-state index contributed by atoms with van der Waals surface area (Å²) in [6.45, 7) is 2.96. The van der Waals surface area contributed by atoms with E-state index in [0.29, 0.717) is 23.9 Å². The lowest BCUT2D eigenvalue weighted by atomic mass is 10.1. The molecule has 0 aliphatic rings. The highest BCUT2D eigenvalue weighted by atomic mass is 35.5. The molecule has 0 radical (unpaired) electrons. The van der Waals surface area contributed by atoms with Crippen molar-refractivity contribution in [1.82, 2.24) is 9.55 Å². The number of fused-ring (bicyclic) bond motifs is 2. The maximum absolute atomic E-state index is 11.6. The first-order chi connectivity index (χ1) is 16.0. The van der Waals surface area contributed by atoms with Gasteiger partial charge >= 0.3 is 5.97 Å². The molecule has 0 saturated heterocycles. The van der Waals surface area contributed by atoms with E-state index in [0.717, 1.165) is 42.9 Å². The van der Waals surface area contributed by atoms with Crippen molar-refractivity contribution in [3.8, 4) is 5.75 Å². The Morgan fingerprint density at radius 1 is 1.12 bits per heavy atom. The van der Waals surface area contributed by atoms with Crippen LogP contribution in [0, 0.1) is 6.92 Å². The normalized spacial score (nSPS) is 11.3. The van der Waals surface area contributed by atoms with E-state index < -0.39 is 5.97 Å². The van der Waals surface area contributed by atoms with Crippen LogP contribution < -0.4 is 4.74 Å². The average Bonchev–Trinajstić information content (AvgIpc) is 3.33. The monoisotopic (exact) mass is 476 g/mol. The second kappa shape index (κ2) is 8.89. The molecule has 0 atom stereocenters. The second-order valence-electron chi connectivity index (χ2n) is 7.89. The molecule has 2 heterocycles. The Morgan fingerprint density at radius 2 is 1.91 bits per heavy atom. The summed E-state index contributed by atoms with van der Waals surface area (Å²) in [6, 6.07) is 21.6. The summed E-state index contributed by atoms with van der Waals surface area (Å²) < 4.78 is 9.32. The zero-order valence-corrected chi connectivity index (χ0v) is 19.5. The molecule has 0 spiro atoms. The summed E-state index contributed by atoms with van der Waals surface area (Å²) in [5.41, 5.74) is 4.78. The van der Waals surface area contributed by atoms with Gasteiger partial charge in [-0.2, -0.15) is 0 Å². The van der Waals surface area contributed by atoms with Crippen LogP contribution in [0.15, 0.2) is 66.7 Å². The lowest BCUT2D eigenvalue weighted by Crippen LogP contribution is -2.05. The molecule has 0 aliphatic carbocycles. The van der Waals surface area contributed by atoms with Crippen LogP contribution in [0.3, 0.4) is 0 Å². The maximum Gasteiger partial charge on any atom is 0.307 e. The van der Waals surface area contributed by atoms with Crippen LogP contribution in [-0.2, 0) is 24.4 Å². The van der Waals surface area contributed by atoms with Crippen molar-refractivity contribution in [3.63, 3.8) is 0 Å². The molecule has 0 unspecified atom stereocenters. The largest absolute Gasteiger partial charge is 0.486 e. The molecule has 3 aromatic carbocycles. The molecule has 0 aliphatic heterocycles. The van der Waals surface area contributed by atoms with E-state index in [2.05, 4.69) is 9.55 Å². The quantitative estimate of drug-likeness (QED) is 0.292. The van der Waals surface area contributed by atoms with Crippen LogP contribution in [0.25, 0.3) is 21.1 Å². The lowest BCUT2D eigenvalue weighted by Gasteiger charge is -2.10. The van der Waals surface area contributed by atoms with E-state index in [1.54, 1.807) is 11.3 Å². The molecule has 1 N–H and O–H groups in total. The first-order valence-corrected chi connectivity index (χ1v) is 11.7. The van der Waals surface area contributed by atoms with E-state index in [9.17, 15) is 9.90 Å². The van der Waals surface area contributed by atoms with Gasteiger partial charge in [0.25, 0.3) is 0 Å². The van der Waals surface area contributed by atoms with Crippen LogP contribution in [0.5, 0.6) is 5.75 Å². The highest BCUT2D eigenvalue weighted by Crippen LogP contribution is 2.31. The molecule has 166 valence electrons. The summed E-state index contributed by atoms with van der Waals surface area (Å²) in [6.07, 6.45) is -0.0444. The molecule has 0 saturated carbocycles. The van der Waals surface area contributed by atoms with E-state index in [1.165, 1.54) is 0 Å². The number of para-hydroxylation sites is 1. The number of thiazole rings is 1. The molecule has 5 aromatic rings. The van der Waals surface area contributed by atoms with E-state index in [1.807, 2.05) is 73.7 Å².